The molecule has 1 aliphatic carbocycles. The van der Waals surface area contributed by atoms with Crippen LogP contribution in [0.4, 0.5) is 0 Å². The molecule has 0 heterocycles. The highest BCUT2D eigenvalue weighted by molar-refractivity contribution is 5.94. The molecule has 0 unspecified atom stereocenters. The van der Waals surface area contributed by atoms with Crippen molar-refractivity contribution < 1.29 is 14.3 Å². The molecule has 0 radical (unpaired) electrons. The quantitative estimate of drug-likeness (QED) is 0.849. The normalized spacial score (nSPS) is 22.7. The fourth-order valence-corrected chi connectivity index (χ4v) is 2.86. The van der Waals surface area contributed by atoms with Crippen molar-refractivity contribution in [2.45, 2.75) is 58.6 Å². The third kappa shape index (κ3) is 4.33. The van der Waals surface area contributed by atoms with E-state index in [9.17, 15) is 9.59 Å². The SMILES string of the molecule is CC(=O)c1ccc(O[C@H](C)C(=O)N[C@H]2CCCC[C@H]2C)cc1. The zero-order chi connectivity index (χ0) is 16.1. The van der Waals surface area contributed by atoms with Crippen LogP contribution in [0.1, 0.15) is 56.8 Å². The Hall–Kier alpha value is -1.84. The minimum Gasteiger partial charge on any atom is -0.481 e. The summed E-state index contributed by atoms with van der Waals surface area (Å²) in [6.07, 6.45) is 4.11. The maximum atomic E-state index is 12.2. The average molecular weight is 303 g/mol. The number of ether oxygens (including phenoxy) is 1. The van der Waals surface area contributed by atoms with E-state index in [-0.39, 0.29) is 17.7 Å². The Labute approximate surface area is 132 Å². The number of rotatable bonds is 5. The lowest BCUT2D eigenvalue weighted by Gasteiger charge is -2.30. The molecule has 120 valence electrons. The number of hydrogen-bond acceptors (Lipinski definition) is 3. The van der Waals surface area contributed by atoms with Gasteiger partial charge in [-0.15, -0.1) is 0 Å². The summed E-state index contributed by atoms with van der Waals surface area (Å²) < 4.78 is 5.66. The Kier molecular flexibility index (Phi) is 5.58. The molecule has 0 spiro atoms. The summed E-state index contributed by atoms with van der Waals surface area (Å²) in [5.74, 6) is 1.07. The third-order valence-electron chi connectivity index (χ3n) is 4.38. The van der Waals surface area contributed by atoms with E-state index in [0.717, 1.165) is 6.42 Å². The molecule has 1 fully saturated rings. The maximum absolute atomic E-state index is 12.2. The molecule has 1 aromatic carbocycles. The van der Waals surface area contributed by atoms with Crippen molar-refractivity contribution in [2.75, 3.05) is 0 Å². The molecule has 0 bridgehead atoms. The minimum absolute atomic E-state index is 0.0172. The van der Waals surface area contributed by atoms with Crippen molar-refractivity contribution in [1.82, 2.24) is 5.32 Å². The van der Waals surface area contributed by atoms with Crippen LogP contribution >= 0.6 is 0 Å². The van der Waals surface area contributed by atoms with Crippen LogP contribution in [0.5, 0.6) is 5.75 Å². The van der Waals surface area contributed by atoms with Gasteiger partial charge in [-0.3, -0.25) is 9.59 Å². The number of carbonyl (C=O) groups is 2. The Balaban J connectivity index is 1.89. The van der Waals surface area contributed by atoms with Crippen LogP contribution in [0.25, 0.3) is 0 Å². The lowest BCUT2D eigenvalue weighted by Crippen LogP contribution is -2.46. The molecule has 1 N–H and O–H groups in total. The summed E-state index contributed by atoms with van der Waals surface area (Å²) in [6.45, 7) is 5.47. The number of Topliss-reactive ketones (excluding diaryl/α,β-unsaturated/α-hetero) is 1. The van der Waals surface area contributed by atoms with Crippen molar-refractivity contribution in [1.29, 1.82) is 0 Å². The first kappa shape index (κ1) is 16.5. The molecule has 4 nitrogen and oxygen atoms in total. The van der Waals surface area contributed by atoms with E-state index in [2.05, 4.69) is 12.2 Å². The average Bonchev–Trinajstić information content (AvgIpc) is 2.50. The predicted octanol–water partition coefficient (Wildman–Crippen LogP) is 3.35. The topological polar surface area (TPSA) is 55.4 Å². The Bertz CT molecular complexity index is 524. The summed E-state index contributed by atoms with van der Waals surface area (Å²) >= 11 is 0. The number of ketones is 1. The summed E-state index contributed by atoms with van der Waals surface area (Å²) in [6, 6.07) is 7.14. The number of benzene rings is 1. The first-order valence-electron chi connectivity index (χ1n) is 8.05. The van der Waals surface area contributed by atoms with Crippen molar-refractivity contribution in [3.63, 3.8) is 0 Å². The van der Waals surface area contributed by atoms with Gasteiger partial charge in [-0.25, -0.2) is 0 Å². The predicted molar refractivity (Wildman–Crippen MR) is 86.1 cm³/mol. The molecule has 4 heteroatoms. The van der Waals surface area contributed by atoms with Gasteiger partial charge < -0.3 is 10.1 Å². The number of nitrogens with one attached hydrogen (secondary N) is 1. The van der Waals surface area contributed by atoms with Crippen LogP contribution in [-0.2, 0) is 4.79 Å². The molecule has 1 aromatic rings. The first-order valence-corrected chi connectivity index (χ1v) is 8.05. The van der Waals surface area contributed by atoms with Crippen molar-refractivity contribution in [2.24, 2.45) is 5.92 Å². The highest BCUT2D eigenvalue weighted by Crippen LogP contribution is 2.24. The Morgan fingerprint density at radius 2 is 1.82 bits per heavy atom. The number of carbonyl (C=O) groups excluding carboxylic acids is 2. The summed E-state index contributed by atoms with van der Waals surface area (Å²) in [5.41, 5.74) is 0.639. The summed E-state index contributed by atoms with van der Waals surface area (Å²) in [4.78, 5) is 23.5. The molecule has 3 atom stereocenters. The Morgan fingerprint density at radius 3 is 2.41 bits per heavy atom. The lowest BCUT2D eigenvalue weighted by molar-refractivity contribution is -0.128. The largest absolute Gasteiger partial charge is 0.481 e. The fraction of sp³-hybridized carbons (Fsp3) is 0.556. The monoisotopic (exact) mass is 303 g/mol. The van der Waals surface area contributed by atoms with Crippen LogP contribution < -0.4 is 10.1 Å². The smallest absolute Gasteiger partial charge is 0.261 e. The van der Waals surface area contributed by atoms with Gasteiger partial charge in [0, 0.05) is 11.6 Å². The molecular weight excluding hydrogens is 278 g/mol. The summed E-state index contributed by atoms with van der Waals surface area (Å²) in [7, 11) is 0. The molecular formula is C18H25NO3. The second-order valence-corrected chi connectivity index (χ2v) is 6.22. The highest BCUT2D eigenvalue weighted by Gasteiger charge is 2.25. The number of amides is 1. The molecule has 22 heavy (non-hydrogen) atoms. The Morgan fingerprint density at radius 1 is 1.18 bits per heavy atom. The van der Waals surface area contributed by atoms with Gasteiger partial charge in [-0.05, 0) is 56.9 Å². The molecule has 1 saturated carbocycles. The van der Waals surface area contributed by atoms with Gasteiger partial charge >= 0.3 is 0 Å². The van der Waals surface area contributed by atoms with Gasteiger partial charge in [0.2, 0.25) is 0 Å². The van der Waals surface area contributed by atoms with Crippen LogP contribution in [0.2, 0.25) is 0 Å². The van der Waals surface area contributed by atoms with Gasteiger partial charge in [0.25, 0.3) is 5.91 Å². The van der Waals surface area contributed by atoms with Crippen molar-refractivity contribution in [3.8, 4) is 5.75 Å². The fourth-order valence-electron chi connectivity index (χ4n) is 2.86. The van der Waals surface area contributed by atoms with E-state index < -0.39 is 6.10 Å². The third-order valence-corrected chi connectivity index (χ3v) is 4.38. The zero-order valence-corrected chi connectivity index (χ0v) is 13.6. The molecule has 1 amide bonds. The van der Waals surface area contributed by atoms with Crippen LogP contribution in [0.15, 0.2) is 24.3 Å². The van der Waals surface area contributed by atoms with E-state index in [1.165, 1.54) is 26.2 Å². The van der Waals surface area contributed by atoms with Crippen LogP contribution in [0.3, 0.4) is 0 Å². The second kappa shape index (κ2) is 7.43. The lowest BCUT2D eigenvalue weighted by atomic mass is 9.86. The van der Waals surface area contributed by atoms with Gasteiger partial charge in [0.1, 0.15) is 5.75 Å². The maximum Gasteiger partial charge on any atom is 0.261 e. The van der Waals surface area contributed by atoms with E-state index in [1.54, 1.807) is 31.2 Å². The van der Waals surface area contributed by atoms with E-state index in [4.69, 9.17) is 4.74 Å². The zero-order valence-electron chi connectivity index (χ0n) is 13.6. The van der Waals surface area contributed by atoms with Gasteiger partial charge in [-0.1, -0.05) is 19.8 Å². The van der Waals surface area contributed by atoms with Gasteiger partial charge in [0.05, 0.1) is 0 Å². The summed E-state index contributed by atoms with van der Waals surface area (Å²) in [5, 5.41) is 3.10. The molecule has 2 rings (SSSR count). The van der Waals surface area contributed by atoms with Crippen molar-refractivity contribution >= 4 is 11.7 Å². The molecule has 0 saturated heterocycles. The highest BCUT2D eigenvalue weighted by atomic mass is 16.5. The standard InChI is InChI=1S/C18H25NO3/c1-12-6-4-5-7-17(12)19-18(21)14(3)22-16-10-8-15(9-11-16)13(2)20/h8-12,14,17H,4-7H2,1-3H3,(H,19,21)/t12-,14-,17+/m1/s1. The van der Waals surface area contributed by atoms with E-state index >= 15 is 0 Å². The first-order chi connectivity index (χ1) is 10.5. The van der Waals surface area contributed by atoms with Gasteiger partial charge in [0.15, 0.2) is 11.9 Å². The van der Waals surface area contributed by atoms with Crippen LogP contribution in [0, 0.1) is 5.92 Å². The molecule has 0 aliphatic heterocycles. The number of hydrogen-bond donors (Lipinski definition) is 1. The molecule has 1 aliphatic rings. The molecule has 0 aromatic heterocycles. The van der Waals surface area contributed by atoms with Crippen LogP contribution in [-0.4, -0.2) is 23.8 Å². The second-order valence-electron chi connectivity index (χ2n) is 6.22. The van der Waals surface area contributed by atoms with Gasteiger partial charge in [-0.2, -0.15) is 0 Å². The van der Waals surface area contributed by atoms with E-state index in [1.807, 2.05) is 0 Å². The van der Waals surface area contributed by atoms with E-state index in [0.29, 0.717) is 17.2 Å². The van der Waals surface area contributed by atoms with Crippen molar-refractivity contribution in [3.05, 3.63) is 29.8 Å². The minimum atomic E-state index is -0.544.